The monoisotopic (exact) mass is 383 g/mol. The maximum absolute atomic E-state index is 5.84. The van der Waals surface area contributed by atoms with E-state index < -0.39 is 0 Å². The minimum absolute atomic E-state index is 0.775. The Balaban J connectivity index is 1.70. The molecule has 0 unspecified atom stereocenters. The molecule has 2 rings (SSSR count). The van der Waals surface area contributed by atoms with E-state index in [4.69, 9.17) is 9.47 Å². The molecule has 3 heteroatoms. The van der Waals surface area contributed by atoms with Crippen LogP contribution in [0.2, 0.25) is 0 Å². The predicted molar refractivity (Wildman–Crippen MR) is 118 cm³/mol. The number of unbranched alkanes of at least 4 members (excludes halogenated alkanes) is 7. The number of hydrogen-bond donors (Lipinski definition) is 0. The van der Waals surface area contributed by atoms with E-state index in [0.717, 1.165) is 49.5 Å². The number of nitrogens with zero attached hydrogens (tertiary/aromatic N) is 1. The van der Waals surface area contributed by atoms with E-state index in [-0.39, 0.29) is 0 Å². The molecule has 1 aromatic carbocycles. The van der Waals surface area contributed by atoms with Crippen molar-refractivity contribution in [2.75, 3.05) is 20.3 Å². The molecule has 2 aromatic rings. The van der Waals surface area contributed by atoms with Crippen LogP contribution in [0.5, 0.6) is 5.75 Å². The van der Waals surface area contributed by atoms with E-state index in [1.54, 1.807) is 7.11 Å². The first-order chi connectivity index (χ1) is 13.8. The molecule has 0 fully saturated rings. The summed E-state index contributed by atoms with van der Waals surface area (Å²) in [7, 11) is 1.76. The SMILES string of the molecule is CCCCCCCc1ccc(-c2ccc(OCCCCCCOC)cc2)nc1. The summed E-state index contributed by atoms with van der Waals surface area (Å²) in [6.45, 7) is 3.89. The molecule has 0 atom stereocenters. The molecule has 0 N–H and O–H groups in total. The number of aryl methyl sites for hydroxylation is 1. The van der Waals surface area contributed by atoms with Crippen molar-refractivity contribution < 1.29 is 9.47 Å². The highest BCUT2D eigenvalue weighted by atomic mass is 16.5. The summed E-state index contributed by atoms with van der Waals surface area (Å²) in [4.78, 5) is 4.65. The minimum Gasteiger partial charge on any atom is -0.494 e. The lowest BCUT2D eigenvalue weighted by Crippen LogP contribution is -1.98. The lowest BCUT2D eigenvalue weighted by Gasteiger charge is -2.08. The van der Waals surface area contributed by atoms with Crippen LogP contribution in [-0.4, -0.2) is 25.3 Å². The van der Waals surface area contributed by atoms with Crippen molar-refractivity contribution >= 4 is 0 Å². The Kier molecular flexibility index (Phi) is 11.3. The normalized spacial score (nSPS) is 10.9. The topological polar surface area (TPSA) is 31.4 Å². The van der Waals surface area contributed by atoms with Crippen molar-refractivity contribution in [1.29, 1.82) is 0 Å². The Morgan fingerprint density at radius 2 is 1.46 bits per heavy atom. The van der Waals surface area contributed by atoms with Gasteiger partial charge < -0.3 is 9.47 Å². The Bertz CT molecular complexity index is 622. The summed E-state index contributed by atoms with van der Waals surface area (Å²) in [5.74, 6) is 0.935. The van der Waals surface area contributed by atoms with Crippen molar-refractivity contribution in [1.82, 2.24) is 4.98 Å². The Hall–Kier alpha value is -1.87. The molecule has 0 saturated carbocycles. The standard InChI is InChI=1S/C25H37NO2/c1-3-4-5-6-9-12-22-13-18-25(26-21-22)23-14-16-24(17-15-23)28-20-11-8-7-10-19-27-2/h13-18,21H,3-12,19-20H2,1-2H3. The average Bonchev–Trinajstić information content (AvgIpc) is 2.74. The highest BCUT2D eigenvalue weighted by molar-refractivity contribution is 5.60. The van der Waals surface area contributed by atoms with Gasteiger partial charge in [-0.15, -0.1) is 0 Å². The zero-order valence-electron chi connectivity index (χ0n) is 17.8. The summed E-state index contributed by atoms with van der Waals surface area (Å²) in [6, 6.07) is 12.6. The van der Waals surface area contributed by atoms with Crippen molar-refractivity contribution in [3.05, 3.63) is 48.2 Å². The Labute approximate surface area is 171 Å². The average molecular weight is 384 g/mol. The van der Waals surface area contributed by atoms with Crippen LogP contribution in [0.15, 0.2) is 42.6 Å². The molecule has 0 saturated heterocycles. The summed E-state index contributed by atoms with van der Waals surface area (Å²) in [5.41, 5.74) is 3.51. The van der Waals surface area contributed by atoms with Crippen LogP contribution in [-0.2, 0) is 11.2 Å². The molecule has 28 heavy (non-hydrogen) atoms. The van der Waals surface area contributed by atoms with Gasteiger partial charge in [-0.05, 0) is 68.0 Å². The number of benzene rings is 1. The van der Waals surface area contributed by atoms with Gasteiger partial charge in [0.15, 0.2) is 0 Å². The highest BCUT2D eigenvalue weighted by Crippen LogP contribution is 2.21. The molecule has 0 spiro atoms. The molecule has 1 aromatic heterocycles. The van der Waals surface area contributed by atoms with Crippen LogP contribution in [0, 0.1) is 0 Å². The summed E-state index contributed by atoms with van der Waals surface area (Å²) in [6.07, 6.45) is 14.4. The van der Waals surface area contributed by atoms with Gasteiger partial charge in [-0.3, -0.25) is 4.98 Å². The van der Waals surface area contributed by atoms with Crippen LogP contribution < -0.4 is 4.74 Å². The molecular weight excluding hydrogens is 346 g/mol. The van der Waals surface area contributed by atoms with E-state index >= 15 is 0 Å². The lowest BCUT2D eigenvalue weighted by molar-refractivity contribution is 0.191. The summed E-state index contributed by atoms with van der Waals surface area (Å²) in [5, 5.41) is 0. The van der Waals surface area contributed by atoms with Gasteiger partial charge in [0.2, 0.25) is 0 Å². The second-order valence-electron chi connectivity index (χ2n) is 7.50. The third-order valence-electron chi connectivity index (χ3n) is 5.06. The third kappa shape index (κ3) is 8.88. The molecule has 0 bridgehead atoms. The van der Waals surface area contributed by atoms with Crippen molar-refractivity contribution in [3.8, 4) is 17.0 Å². The van der Waals surface area contributed by atoms with Gasteiger partial charge in [0.25, 0.3) is 0 Å². The Morgan fingerprint density at radius 3 is 2.14 bits per heavy atom. The van der Waals surface area contributed by atoms with Gasteiger partial charge in [-0.1, -0.05) is 45.1 Å². The van der Waals surface area contributed by atoms with Crippen LogP contribution >= 0.6 is 0 Å². The third-order valence-corrected chi connectivity index (χ3v) is 5.06. The lowest BCUT2D eigenvalue weighted by atomic mass is 10.1. The molecule has 3 nitrogen and oxygen atoms in total. The molecule has 0 aliphatic rings. The Morgan fingerprint density at radius 1 is 0.750 bits per heavy atom. The predicted octanol–water partition coefficient (Wildman–Crippen LogP) is 6.85. The van der Waals surface area contributed by atoms with Crippen LogP contribution in [0.3, 0.4) is 0 Å². The van der Waals surface area contributed by atoms with Crippen molar-refractivity contribution in [3.63, 3.8) is 0 Å². The fourth-order valence-corrected chi connectivity index (χ4v) is 3.29. The second-order valence-corrected chi connectivity index (χ2v) is 7.50. The minimum atomic E-state index is 0.775. The van der Waals surface area contributed by atoms with E-state index in [2.05, 4.69) is 36.2 Å². The number of rotatable bonds is 15. The number of hydrogen-bond acceptors (Lipinski definition) is 3. The molecule has 154 valence electrons. The van der Waals surface area contributed by atoms with Crippen LogP contribution in [0.4, 0.5) is 0 Å². The largest absolute Gasteiger partial charge is 0.494 e. The first-order valence-corrected chi connectivity index (χ1v) is 11.0. The van der Waals surface area contributed by atoms with Gasteiger partial charge in [-0.25, -0.2) is 0 Å². The van der Waals surface area contributed by atoms with Gasteiger partial charge in [0, 0.05) is 25.5 Å². The first kappa shape index (κ1) is 22.4. The zero-order valence-corrected chi connectivity index (χ0v) is 17.8. The van der Waals surface area contributed by atoms with Crippen LogP contribution in [0.1, 0.15) is 70.3 Å². The molecule has 0 amide bonds. The molecular formula is C25H37NO2. The van der Waals surface area contributed by atoms with Gasteiger partial charge >= 0.3 is 0 Å². The number of pyridine rings is 1. The van der Waals surface area contributed by atoms with Crippen molar-refractivity contribution in [2.45, 2.75) is 71.1 Å². The summed E-state index contributed by atoms with van der Waals surface area (Å²) < 4.78 is 10.9. The number of ether oxygens (including phenoxy) is 2. The smallest absolute Gasteiger partial charge is 0.119 e. The first-order valence-electron chi connectivity index (χ1n) is 11.0. The van der Waals surface area contributed by atoms with Crippen molar-refractivity contribution in [2.24, 2.45) is 0 Å². The fraction of sp³-hybridized carbons (Fsp3) is 0.560. The summed E-state index contributed by atoms with van der Waals surface area (Å²) >= 11 is 0. The van der Waals surface area contributed by atoms with E-state index in [1.165, 1.54) is 50.5 Å². The number of aromatic nitrogens is 1. The van der Waals surface area contributed by atoms with E-state index in [0.29, 0.717) is 0 Å². The van der Waals surface area contributed by atoms with E-state index in [1.807, 2.05) is 18.3 Å². The maximum Gasteiger partial charge on any atom is 0.119 e. The van der Waals surface area contributed by atoms with Gasteiger partial charge in [0.05, 0.1) is 12.3 Å². The molecule has 0 aliphatic heterocycles. The van der Waals surface area contributed by atoms with Gasteiger partial charge in [-0.2, -0.15) is 0 Å². The molecule has 0 aliphatic carbocycles. The highest BCUT2D eigenvalue weighted by Gasteiger charge is 2.02. The van der Waals surface area contributed by atoms with Crippen LogP contribution in [0.25, 0.3) is 11.3 Å². The molecule has 1 heterocycles. The van der Waals surface area contributed by atoms with E-state index in [9.17, 15) is 0 Å². The molecule has 0 radical (unpaired) electrons. The fourth-order valence-electron chi connectivity index (χ4n) is 3.29. The maximum atomic E-state index is 5.84. The van der Waals surface area contributed by atoms with Gasteiger partial charge in [0.1, 0.15) is 5.75 Å². The zero-order chi connectivity index (χ0) is 19.9. The number of methoxy groups -OCH3 is 1. The second kappa shape index (κ2) is 14.2. The quantitative estimate of drug-likeness (QED) is 0.315.